The Bertz CT molecular complexity index is 768. The van der Waals surface area contributed by atoms with Crippen molar-refractivity contribution in [3.8, 4) is 5.75 Å². The Kier molecular flexibility index (Phi) is 5.31. The summed E-state index contributed by atoms with van der Waals surface area (Å²) >= 11 is 0. The van der Waals surface area contributed by atoms with Gasteiger partial charge in [0.15, 0.2) is 11.5 Å². The summed E-state index contributed by atoms with van der Waals surface area (Å²) in [5.74, 6) is 1.18. The monoisotopic (exact) mass is 355 g/mol. The number of nitrogens with zero attached hydrogens (tertiary/aromatic N) is 4. The minimum atomic E-state index is -0.324. The molecule has 1 N–H and O–H groups in total. The molecule has 26 heavy (non-hydrogen) atoms. The van der Waals surface area contributed by atoms with Gasteiger partial charge in [-0.3, -0.25) is 9.59 Å². The van der Waals surface area contributed by atoms with Crippen LogP contribution < -0.4 is 15.0 Å². The third kappa shape index (κ3) is 4.08. The fourth-order valence-corrected chi connectivity index (χ4v) is 2.73. The number of rotatable bonds is 4. The Morgan fingerprint density at radius 1 is 1.00 bits per heavy atom. The van der Waals surface area contributed by atoms with E-state index in [0.717, 1.165) is 5.75 Å². The molecule has 0 saturated carbocycles. The van der Waals surface area contributed by atoms with Crippen molar-refractivity contribution in [2.45, 2.75) is 6.92 Å². The van der Waals surface area contributed by atoms with Crippen LogP contribution in [0.2, 0.25) is 0 Å². The Morgan fingerprint density at radius 2 is 1.69 bits per heavy atom. The predicted molar refractivity (Wildman–Crippen MR) is 97.4 cm³/mol. The summed E-state index contributed by atoms with van der Waals surface area (Å²) in [4.78, 5) is 27.5. The molecule has 0 atom stereocenters. The van der Waals surface area contributed by atoms with Crippen molar-refractivity contribution >= 4 is 23.3 Å². The fourth-order valence-electron chi connectivity index (χ4n) is 2.73. The van der Waals surface area contributed by atoms with E-state index in [0.29, 0.717) is 37.7 Å². The zero-order chi connectivity index (χ0) is 18.5. The molecule has 8 nitrogen and oxygen atoms in total. The molecule has 1 aliphatic heterocycles. The first-order valence-electron chi connectivity index (χ1n) is 8.36. The summed E-state index contributed by atoms with van der Waals surface area (Å²) in [6.07, 6.45) is 0. The predicted octanol–water partition coefficient (Wildman–Crippen LogP) is 1.41. The van der Waals surface area contributed by atoms with Gasteiger partial charge in [-0.1, -0.05) is 0 Å². The molecule has 2 amide bonds. The molecule has 2 aromatic rings. The van der Waals surface area contributed by atoms with Crippen molar-refractivity contribution < 1.29 is 14.3 Å². The molecule has 8 heteroatoms. The Hall–Kier alpha value is -3.16. The molecule has 2 heterocycles. The summed E-state index contributed by atoms with van der Waals surface area (Å²) in [5, 5.41) is 11.0. The lowest BCUT2D eigenvalue weighted by Gasteiger charge is -2.34. The minimum Gasteiger partial charge on any atom is -0.497 e. The number of piperazine rings is 1. The van der Waals surface area contributed by atoms with Crippen LogP contribution >= 0.6 is 0 Å². The SMILES string of the molecule is COc1ccc(NC(=O)c2ccc(N3CCN(C(C)=O)CC3)nn2)cc1. The van der Waals surface area contributed by atoms with Gasteiger partial charge in [0.1, 0.15) is 5.75 Å². The normalized spacial score (nSPS) is 14.1. The van der Waals surface area contributed by atoms with Gasteiger partial charge >= 0.3 is 0 Å². The maximum atomic E-state index is 12.3. The van der Waals surface area contributed by atoms with Crippen LogP contribution in [0.25, 0.3) is 0 Å². The molecule has 0 unspecified atom stereocenters. The van der Waals surface area contributed by atoms with Gasteiger partial charge in [-0.05, 0) is 36.4 Å². The van der Waals surface area contributed by atoms with E-state index in [4.69, 9.17) is 4.74 Å². The lowest BCUT2D eigenvalue weighted by molar-refractivity contribution is -0.129. The average molecular weight is 355 g/mol. The summed E-state index contributed by atoms with van der Waals surface area (Å²) < 4.78 is 5.09. The summed E-state index contributed by atoms with van der Waals surface area (Å²) in [5.41, 5.74) is 0.897. The quantitative estimate of drug-likeness (QED) is 0.892. The molecule has 0 bridgehead atoms. The van der Waals surface area contributed by atoms with Gasteiger partial charge in [0, 0.05) is 38.8 Å². The Morgan fingerprint density at radius 3 is 2.23 bits per heavy atom. The highest BCUT2D eigenvalue weighted by molar-refractivity contribution is 6.02. The average Bonchev–Trinajstić information content (AvgIpc) is 2.69. The first-order chi connectivity index (χ1) is 12.6. The number of hydrogen-bond donors (Lipinski definition) is 1. The molecule has 1 saturated heterocycles. The maximum Gasteiger partial charge on any atom is 0.276 e. The van der Waals surface area contributed by atoms with Crippen molar-refractivity contribution in [2.24, 2.45) is 0 Å². The Balaban J connectivity index is 1.60. The zero-order valence-corrected chi connectivity index (χ0v) is 14.8. The lowest BCUT2D eigenvalue weighted by Crippen LogP contribution is -2.48. The number of ether oxygens (including phenoxy) is 1. The number of anilines is 2. The van der Waals surface area contributed by atoms with Crippen molar-refractivity contribution in [3.63, 3.8) is 0 Å². The standard InChI is InChI=1S/C18H21N5O3/c1-13(24)22-9-11-23(12-10-22)17-8-7-16(20-21-17)18(25)19-14-3-5-15(26-2)6-4-14/h3-8H,9-12H2,1-2H3,(H,19,25). The van der Waals surface area contributed by atoms with Gasteiger partial charge in [-0.2, -0.15) is 0 Å². The highest BCUT2D eigenvalue weighted by Crippen LogP contribution is 2.16. The number of methoxy groups -OCH3 is 1. The van der Waals surface area contributed by atoms with Crippen LogP contribution in [0.15, 0.2) is 36.4 Å². The molecular formula is C18H21N5O3. The van der Waals surface area contributed by atoms with Crippen LogP contribution in [-0.2, 0) is 4.79 Å². The van der Waals surface area contributed by atoms with Gasteiger partial charge in [-0.15, -0.1) is 10.2 Å². The van der Waals surface area contributed by atoms with E-state index in [1.807, 2.05) is 0 Å². The molecule has 136 valence electrons. The number of amides is 2. The van der Waals surface area contributed by atoms with E-state index in [1.165, 1.54) is 0 Å². The van der Waals surface area contributed by atoms with Crippen molar-refractivity contribution in [1.29, 1.82) is 0 Å². The molecule has 0 radical (unpaired) electrons. The van der Waals surface area contributed by atoms with Crippen LogP contribution in [0, 0.1) is 0 Å². The summed E-state index contributed by atoms with van der Waals surface area (Å²) in [7, 11) is 1.59. The molecule has 0 aliphatic carbocycles. The van der Waals surface area contributed by atoms with Gasteiger partial charge < -0.3 is 19.9 Å². The van der Waals surface area contributed by atoms with Crippen molar-refractivity contribution in [2.75, 3.05) is 43.5 Å². The molecule has 1 aliphatic rings. The number of aromatic nitrogens is 2. The molecule has 0 spiro atoms. The number of carbonyl (C=O) groups excluding carboxylic acids is 2. The molecular weight excluding hydrogens is 334 g/mol. The number of hydrogen-bond acceptors (Lipinski definition) is 6. The molecule has 1 aromatic carbocycles. The fraction of sp³-hybridized carbons (Fsp3) is 0.333. The third-order valence-electron chi connectivity index (χ3n) is 4.28. The minimum absolute atomic E-state index is 0.0845. The smallest absolute Gasteiger partial charge is 0.276 e. The summed E-state index contributed by atoms with van der Waals surface area (Å²) in [6.45, 7) is 4.30. The maximum absolute atomic E-state index is 12.3. The van der Waals surface area contributed by atoms with Crippen LogP contribution in [0.1, 0.15) is 17.4 Å². The molecule has 3 rings (SSSR count). The first-order valence-corrected chi connectivity index (χ1v) is 8.36. The van der Waals surface area contributed by atoms with Crippen molar-refractivity contribution in [1.82, 2.24) is 15.1 Å². The second kappa shape index (κ2) is 7.81. The van der Waals surface area contributed by atoms with Crippen LogP contribution in [0.3, 0.4) is 0 Å². The number of nitrogens with one attached hydrogen (secondary N) is 1. The van der Waals surface area contributed by atoms with E-state index in [1.54, 1.807) is 55.3 Å². The highest BCUT2D eigenvalue weighted by atomic mass is 16.5. The van der Waals surface area contributed by atoms with Gasteiger partial charge in [0.05, 0.1) is 7.11 Å². The number of carbonyl (C=O) groups is 2. The highest BCUT2D eigenvalue weighted by Gasteiger charge is 2.20. The third-order valence-corrected chi connectivity index (χ3v) is 4.28. The lowest BCUT2D eigenvalue weighted by atomic mass is 10.2. The van der Waals surface area contributed by atoms with Gasteiger partial charge in [0.2, 0.25) is 5.91 Å². The van der Waals surface area contributed by atoms with Crippen LogP contribution in [-0.4, -0.2) is 60.2 Å². The van der Waals surface area contributed by atoms with E-state index in [9.17, 15) is 9.59 Å². The second-order valence-corrected chi connectivity index (χ2v) is 5.95. The summed E-state index contributed by atoms with van der Waals surface area (Å²) in [6, 6.07) is 10.5. The zero-order valence-electron chi connectivity index (χ0n) is 14.8. The number of benzene rings is 1. The van der Waals surface area contributed by atoms with Crippen LogP contribution in [0.5, 0.6) is 5.75 Å². The largest absolute Gasteiger partial charge is 0.497 e. The van der Waals surface area contributed by atoms with Gasteiger partial charge in [0.25, 0.3) is 5.91 Å². The molecule has 1 aromatic heterocycles. The topological polar surface area (TPSA) is 87.7 Å². The van der Waals surface area contributed by atoms with Crippen LogP contribution in [0.4, 0.5) is 11.5 Å². The Labute approximate surface area is 151 Å². The second-order valence-electron chi connectivity index (χ2n) is 5.95. The first kappa shape index (κ1) is 17.7. The van der Waals surface area contributed by atoms with Gasteiger partial charge in [-0.25, -0.2) is 0 Å². The van der Waals surface area contributed by atoms with E-state index in [2.05, 4.69) is 20.4 Å². The molecule has 1 fully saturated rings. The van der Waals surface area contributed by atoms with E-state index in [-0.39, 0.29) is 17.5 Å². The van der Waals surface area contributed by atoms with Crippen molar-refractivity contribution in [3.05, 3.63) is 42.1 Å². The van der Waals surface area contributed by atoms with E-state index < -0.39 is 0 Å². The van der Waals surface area contributed by atoms with E-state index >= 15 is 0 Å².